The zero-order valence-corrected chi connectivity index (χ0v) is 13.8. The maximum atomic E-state index is 12.2. The molecule has 0 aliphatic carbocycles. The van der Waals surface area contributed by atoms with E-state index < -0.39 is 0 Å². The number of carbonyl (C=O) groups is 1. The van der Waals surface area contributed by atoms with E-state index in [9.17, 15) is 4.79 Å². The van der Waals surface area contributed by atoms with Gasteiger partial charge in [0.25, 0.3) is 5.91 Å². The van der Waals surface area contributed by atoms with Gasteiger partial charge >= 0.3 is 0 Å². The zero-order chi connectivity index (χ0) is 16.5. The van der Waals surface area contributed by atoms with E-state index in [1.165, 1.54) is 18.5 Å². The summed E-state index contributed by atoms with van der Waals surface area (Å²) in [5, 5.41) is 6.18. The molecule has 0 atom stereocenters. The van der Waals surface area contributed by atoms with Crippen molar-refractivity contribution >= 4 is 28.5 Å². The summed E-state index contributed by atoms with van der Waals surface area (Å²) in [5.41, 5.74) is 5.92. The summed E-state index contributed by atoms with van der Waals surface area (Å²) >= 11 is 0. The van der Waals surface area contributed by atoms with Crippen molar-refractivity contribution in [3.8, 4) is 0 Å². The fourth-order valence-electron chi connectivity index (χ4n) is 3.47. The zero-order valence-electron chi connectivity index (χ0n) is 13.8. The minimum absolute atomic E-state index is 0.0551. The maximum absolute atomic E-state index is 12.2. The number of anilines is 3. The van der Waals surface area contributed by atoms with Crippen molar-refractivity contribution in [3.63, 3.8) is 0 Å². The first-order valence-electron chi connectivity index (χ1n) is 8.45. The van der Waals surface area contributed by atoms with Crippen molar-refractivity contribution in [1.82, 2.24) is 0 Å². The van der Waals surface area contributed by atoms with Crippen LogP contribution in [0, 0.1) is 6.92 Å². The Morgan fingerprint density at radius 2 is 1.83 bits per heavy atom. The van der Waals surface area contributed by atoms with Crippen molar-refractivity contribution < 1.29 is 4.79 Å². The lowest BCUT2D eigenvalue weighted by atomic mass is 10.0. The number of hydrogen-bond acceptors (Lipinski definition) is 3. The van der Waals surface area contributed by atoms with Crippen LogP contribution in [0.2, 0.25) is 0 Å². The predicted octanol–water partition coefficient (Wildman–Crippen LogP) is 4.00. The number of nitrogens with one attached hydrogen (secondary N) is 2. The molecule has 4 heteroatoms. The average molecular weight is 319 g/mol. The van der Waals surface area contributed by atoms with Crippen molar-refractivity contribution in [2.75, 3.05) is 28.6 Å². The van der Waals surface area contributed by atoms with Crippen LogP contribution in [-0.4, -0.2) is 19.0 Å². The lowest BCUT2D eigenvalue weighted by Crippen LogP contribution is -2.17. The van der Waals surface area contributed by atoms with E-state index in [1.807, 2.05) is 25.1 Å². The Morgan fingerprint density at radius 3 is 2.58 bits per heavy atom. The molecule has 24 heavy (non-hydrogen) atoms. The van der Waals surface area contributed by atoms with Crippen molar-refractivity contribution in [3.05, 3.63) is 59.8 Å². The van der Waals surface area contributed by atoms with Gasteiger partial charge in [-0.05, 0) is 55.7 Å². The van der Waals surface area contributed by atoms with E-state index in [1.54, 1.807) is 6.20 Å². The molecule has 0 radical (unpaired) electrons. The van der Waals surface area contributed by atoms with Crippen LogP contribution in [0.25, 0.3) is 5.57 Å². The molecule has 0 spiro atoms. The number of amides is 1. The first-order chi connectivity index (χ1) is 11.7. The summed E-state index contributed by atoms with van der Waals surface area (Å²) in [5.74, 6) is -0.0551. The van der Waals surface area contributed by atoms with E-state index >= 15 is 0 Å². The first-order valence-corrected chi connectivity index (χ1v) is 8.45. The molecule has 1 amide bonds. The van der Waals surface area contributed by atoms with Gasteiger partial charge in [0.05, 0.1) is 5.57 Å². The van der Waals surface area contributed by atoms with Crippen LogP contribution >= 0.6 is 0 Å². The molecule has 2 heterocycles. The second-order valence-corrected chi connectivity index (χ2v) is 6.39. The number of aryl methyl sites for hydroxylation is 1. The van der Waals surface area contributed by atoms with Crippen LogP contribution in [0.15, 0.2) is 48.7 Å². The van der Waals surface area contributed by atoms with Crippen LogP contribution in [0.1, 0.15) is 24.0 Å². The second kappa shape index (κ2) is 6.04. The van der Waals surface area contributed by atoms with Crippen molar-refractivity contribution in [2.24, 2.45) is 0 Å². The molecule has 0 aromatic heterocycles. The van der Waals surface area contributed by atoms with Gasteiger partial charge in [-0.2, -0.15) is 0 Å². The predicted molar refractivity (Wildman–Crippen MR) is 99.3 cm³/mol. The fourth-order valence-corrected chi connectivity index (χ4v) is 3.47. The molecule has 2 aromatic carbocycles. The smallest absolute Gasteiger partial charge is 0.257 e. The molecule has 4 rings (SSSR count). The quantitative estimate of drug-likeness (QED) is 0.841. The highest BCUT2D eigenvalue weighted by Gasteiger charge is 2.25. The second-order valence-electron chi connectivity index (χ2n) is 6.39. The Labute approximate surface area is 142 Å². The van der Waals surface area contributed by atoms with Gasteiger partial charge in [0, 0.05) is 41.9 Å². The highest BCUT2D eigenvalue weighted by Crippen LogP contribution is 2.34. The number of rotatable bonds is 3. The molecule has 122 valence electrons. The lowest BCUT2D eigenvalue weighted by Gasteiger charge is -2.17. The monoisotopic (exact) mass is 319 g/mol. The van der Waals surface area contributed by atoms with Crippen molar-refractivity contribution in [1.29, 1.82) is 0 Å². The van der Waals surface area contributed by atoms with Crippen molar-refractivity contribution in [2.45, 2.75) is 19.8 Å². The standard InChI is InChI=1S/C20H21N3O/c1-14-5-4-6-18-19(14)17(20(24)22-18)13-21-15-7-9-16(10-8-15)23-11-2-3-12-23/h4-10,13,21H,2-3,11-12H2,1H3,(H,22,24). The molecular formula is C20H21N3O. The SMILES string of the molecule is Cc1cccc2c1C(=CNc1ccc(N3CCCC3)cc1)C(=O)N2. The van der Waals surface area contributed by atoms with Gasteiger partial charge < -0.3 is 15.5 Å². The Morgan fingerprint density at radius 1 is 1.08 bits per heavy atom. The van der Waals surface area contributed by atoms with Crippen LogP contribution in [-0.2, 0) is 4.79 Å². The van der Waals surface area contributed by atoms with E-state index in [0.29, 0.717) is 5.57 Å². The molecule has 2 N–H and O–H groups in total. The summed E-state index contributed by atoms with van der Waals surface area (Å²) in [4.78, 5) is 14.6. The summed E-state index contributed by atoms with van der Waals surface area (Å²) in [6.07, 6.45) is 4.36. The topological polar surface area (TPSA) is 44.4 Å². The first kappa shape index (κ1) is 14.8. The minimum Gasteiger partial charge on any atom is -0.372 e. The maximum Gasteiger partial charge on any atom is 0.257 e. The van der Waals surface area contributed by atoms with Crippen LogP contribution in [0.3, 0.4) is 0 Å². The molecule has 2 aromatic rings. The van der Waals surface area contributed by atoms with Gasteiger partial charge in [-0.1, -0.05) is 12.1 Å². The number of carbonyl (C=O) groups excluding carboxylic acids is 1. The van der Waals surface area contributed by atoms with Gasteiger partial charge in [-0.25, -0.2) is 0 Å². The normalized spacial score (nSPS) is 18.0. The highest BCUT2D eigenvalue weighted by atomic mass is 16.2. The van der Waals surface area contributed by atoms with Gasteiger partial charge in [-0.15, -0.1) is 0 Å². The third-order valence-corrected chi connectivity index (χ3v) is 4.76. The van der Waals surface area contributed by atoms with Gasteiger partial charge in [-0.3, -0.25) is 4.79 Å². The summed E-state index contributed by atoms with van der Waals surface area (Å²) in [6.45, 7) is 4.32. The summed E-state index contributed by atoms with van der Waals surface area (Å²) in [6, 6.07) is 14.3. The number of nitrogens with zero attached hydrogens (tertiary/aromatic N) is 1. The van der Waals surface area contributed by atoms with Gasteiger partial charge in [0.15, 0.2) is 0 Å². The summed E-state index contributed by atoms with van der Waals surface area (Å²) in [7, 11) is 0. The molecule has 0 bridgehead atoms. The van der Waals surface area contributed by atoms with Crippen LogP contribution < -0.4 is 15.5 Å². The third kappa shape index (κ3) is 2.64. The largest absolute Gasteiger partial charge is 0.372 e. The Hall–Kier alpha value is -2.75. The molecular weight excluding hydrogens is 298 g/mol. The number of benzene rings is 2. The molecule has 0 unspecified atom stereocenters. The van der Waals surface area contributed by atoms with Gasteiger partial charge in [0.1, 0.15) is 0 Å². The lowest BCUT2D eigenvalue weighted by molar-refractivity contribution is -0.110. The Balaban J connectivity index is 1.54. The minimum atomic E-state index is -0.0551. The Bertz CT molecular complexity index is 802. The fraction of sp³-hybridized carbons (Fsp3) is 0.250. The number of fused-ring (bicyclic) bond motifs is 1. The highest BCUT2D eigenvalue weighted by molar-refractivity contribution is 6.32. The van der Waals surface area contributed by atoms with Gasteiger partial charge in [0.2, 0.25) is 0 Å². The number of hydrogen-bond donors (Lipinski definition) is 2. The van der Waals surface area contributed by atoms with E-state index in [4.69, 9.17) is 0 Å². The van der Waals surface area contributed by atoms with E-state index in [-0.39, 0.29) is 5.91 Å². The molecule has 2 aliphatic rings. The Kier molecular flexibility index (Phi) is 3.73. The molecule has 0 saturated carbocycles. The van der Waals surface area contributed by atoms with Crippen LogP contribution in [0.5, 0.6) is 0 Å². The van der Waals surface area contributed by atoms with E-state index in [2.05, 4.69) is 39.8 Å². The van der Waals surface area contributed by atoms with E-state index in [0.717, 1.165) is 35.6 Å². The molecule has 1 saturated heterocycles. The molecule has 2 aliphatic heterocycles. The molecule has 4 nitrogen and oxygen atoms in total. The third-order valence-electron chi connectivity index (χ3n) is 4.76. The summed E-state index contributed by atoms with van der Waals surface area (Å²) < 4.78 is 0. The molecule has 1 fully saturated rings. The average Bonchev–Trinajstić information content (AvgIpc) is 3.22. The van der Waals surface area contributed by atoms with Crippen LogP contribution in [0.4, 0.5) is 17.1 Å².